The third-order valence-electron chi connectivity index (χ3n) is 4.77. The van der Waals surface area contributed by atoms with Crippen LogP contribution in [0.25, 0.3) is 17.3 Å². The van der Waals surface area contributed by atoms with Gasteiger partial charge < -0.3 is 5.32 Å². The Hall–Kier alpha value is -2.68. The van der Waals surface area contributed by atoms with Crippen LogP contribution in [0.2, 0.25) is 5.02 Å². The van der Waals surface area contributed by atoms with Crippen molar-refractivity contribution in [1.82, 2.24) is 15.2 Å². The third kappa shape index (κ3) is 5.76. The molecule has 0 unspecified atom stereocenters. The van der Waals surface area contributed by atoms with Gasteiger partial charge in [0.1, 0.15) is 17.4 Å². The van der Waals surface area contributed by atoms with Crippen molar-refractivity contribution in [3.63, 3.8) is 0 Å². The molecule has 0 spiro atoms. The predicted octanol–water partition coefficient (Wildman–Crippen LogP) is 4.84. The Morgan fingerprint density at radius 2 is 1.94 bits per heavy atom. The maximum absolute atomic E-state index is 13.1. The minimum absolute atomic E-state index is 0.0333. The summed E-state index contributed by atoms with van der Waals surface area (Å²) >= 11 is 8.70. The normalized spacial score (nSPS) is 14.9. The van der Waals surface area contributed by atoms with Gasteiger partial charge in [-0.05, 0) is 48.4 Å². The lowest BCUT2D eigenvalue weighted by molar-refractivity contribution is -0.131. The van der Waals surface area contributed by atoms with Crippen LogP contribution in [0.15, 0.2) is 58.9 Å². The van der Waals surface area contributed by atoms with Crippen molar-refractivity contribution in [3.8, 4) is 11.3 Å². The second-order valence-electron chi connectivity index (χ2n) is 7.06. The Bertz CT molecular complexity index is 1150. The topological polar surface area (TPSA) is 62.3 Å². The lowest BCUT2D eigenvalue weighted by atomic mass is 10.1. The number of rotatable bonds is 7. The summed E-state index contributed by atoms with van der Waals surface area (Å²) in [4.78, 5) is 30.8. The third-order valence-corrected chi connectivity index (χ3v) is 6.84. The van der Waals surface area contributed by atoms with Crippen molar-refractivity contribution in [3.05, 3.63) is 80.4 Å². The molecule has 1 fully saturated rings. The molecule has 3 aromatic rings. The molecule has 2 heterocycles. The number of thiazole rings is 1. The van der Waals surface area contributed by atoms with E-state index in [4.69, 9.17) is 11.6 Å². The lowest BCUT2D eigenvalue weighted by Gasteiger charge is -2.16. The molecule has 0 aliphatic carbocycles. The van der Waals surface area contributed by atoms with E-state index in [9.17, 15) is 14.0 Å². The van der Waals surface area contributed by atoms with Crippen molar-refractivity contribution in [2.75, 3.05) is 18.8 Å². The zero-order valence-corrected chi connectivity index (χ0v) is 19.3. The molecule has 2 amide bonds. The number of nitrogens with zero attached hydrogens (tertiary/aromatic N) is 2. The highest BCUT2D eigenvalue weighted by Gasteiger charge is 2.28. The number of thioether (sulfide) groups is 1. The van der Waals surface area contributed by atoms with Crippen LogP contribution in [0.4, 0.5) is 4.39 Å². The number of aromatic nitrogens is 1. The van der Waals surface area contributed by atoms with E-state index in [2.05, 4.69) is 10.3 Å². The van der Waals surface area contributed by atoms with Gasteiger partial charge in [0.15, 0.2) is 0 Å². The molecule has 1 N–H and O–H groups in total. The highest BCUT2D eigenvalue weighted by molar-refractivity contribution is 8.04. The average molecular weight is 488 g/mol. The molecule has 1 saturated heterocycles. The Kier molecular flexibility index (Phi) is 7.24. The van der Waals surface area contributed by atoms with Crippen molar-refractivity contribution < 1.29 is 14.0 Å². The SMILES string of the molecule is O=C(CN1C(=O)CS/C1=C/c1nc(-c2ccc(F)cc2)cs1)NCCc1ccc(Cl)cc1. The molecule has 1 aromatic heterocycles. The molecular weight excluding hydrogens is 469 g/mol. The molecule has 1 aliphatic rings. The Labute approximate surface area is 198 Å². The number of carbonyl (C=O) groups is 2. The number of hydrogen-bond donors (Lipinski definition) is 1. The largest absolute Gasteiger partial charge is 0.354 e. The van der Waals surface area contributed by atoms with Gasteiger partial charge in [-0.25, -0.2) is 9.37 Å². The van der Waals surface area contributed by atoms with Crippen LogP contribution in [0.5, 0.6) is 0 Å². The van der Waals surface area contributed by atoms with Crippen LogP contribution >= 0.6 is 34.7 Å². The number of hydrogen-bond acceptors (Lipinski definition) is 5. The standard InChI is InChI=1S/C23H19ClFN3O2S2/c24-17-5-1-15(2-6-17)9-10-26-20(29)12-28-22(30)14-32-23(28)11-21-27-19(13-31-21)16-3-7-18(25)8-4-16/h1-8,11,13H,9-10,12,14H2,(H,26,29)/b23-11+. The van der Waals surface area contributed by atoms with E-state index in [0.29, 0.717) is 28.8 Å². The quantitative estimate of drug-likeness (QED) is 0.518. The van der Waals surface area contributed by atoms with Gasteiger partial charge in [-0.2, -0.15) is 0 Å². The highest BCUT2D eigenvalue weighted by Crippen LogP contribution is 2.32. The first-order valence-corrected chi connectivity index (χ1v) is 12.1. The first kappa shape index (κ1) is 22.5. The summed E-state index contributed by atoms with van der Waals surface area (Å²) < 4.78 is 13.1. The fourth-order valence-electron chi connectivity index (χ4n) is 3.11. The molecule has 4 rings (SSSR count). The van der Waals surface area contributed by atoms with Gasteiger partial charge in [0.05, 0.1) is 16.5 Å². The molecule has 32 heavy (non-hydrogen) atoms. The van der Waals surface area contributed by atoms with E-state index >= 15 is 0 Å². The van der Waals surface area contributed by atoms with E-state index in [1.54, 1.807) is 12.1 Å². The van der Waals surface area contributed by atoms with Crippen LogP contribution in [0.3, 0.4) is 0 Å². The number of benzene rings is 2. The monoisotopic (exact) mass is 487 g/mol. The molecule has 0 radical (unpaired) electrons. The van der Waals surface area contributed by atoms with E-state index in [0.717, 1.165) is 21.8 Å². The highest BCUT2D eigenvalue weighted by atomic mass is 35.5. The first-order valence-electron chi connectivity index (χ1n) is 9.85. The fourth-order valence-corrected chi connectivity index (χ4v) is 5.01. The van der Waals surface area contributed by atoms with Crippen LogP contribution in [0, 0.1) is 5.82 Å². The van der Waals surface area contributed by atoms with Gasteiger partial charge in [-0.3, -0.25) is 14.5 Å². The molecule has 9 heteroatoms. The summed E-state index contributed by atoms with van der Waals surface area (Å²) in [6, 6.07) is 13.6. The second-order valence-corrected chi connectivity index (χ2v) is 9.38. The lowest BCUT2D eigenvalue weighted by Crippen LogP contribution is -2.38. The van der Waals surface area contributed by atoms with Crippen LogP contribution in [-0.2, 0) is 16.0 Å². The molecule has 164 valence electrons. The van der Waals surface area contributed by atoms with Crippen LogP contribution < -0.4 is 5.32 Å². The molecular formula is C23H19ClFN3O2S2. The summed E-state index contributed by atoms with van der Waals surface area (Å²) in [7, 11) is 0. The summed E-state index contributed by atoms with van der Waals surface area (Å²) in [5.74, 6) is -0.328. The number of halogens is 2. The van der Waals surface area contributed by atoms with E-state index in [1.807, 2.05) is 35.7 Å². The smallest absolute Gasteiger partial charge is 0.240 e. The fraction of sp³-hybridized carbons (Fsp3) is 0.174. The van der Waals surface area contributed by atoms with Crippen molar-refractivity contribution >= 4 is 52.6 Å². The molecule has 0 saturated carbocycles. The molecule has 0 bridgehead atoms. The summed E-state index contributed by atoms with van der Waals surface area (Å²) in [5.41, 5.74) is 2.63. The molecule has 2 aromatic carbocycles. The number of amides is 2. The zero-order chi connectivity index (χ0) is 22.5. The van der Waals surface area contributed by atoms with Gasteiger partial charge in [0.2, 0.25) is 11.8 Å². The van der Waals surface area contributed by atoms with Crippen LogP contribution in [-0.4, -0.2) is 40.5 Å². The Balaban J connectivity index is 1.36. The van der Waals surface area contributed by atoms with E-state index < -0.39 is 0 Å². The van der Waals surface area contributed by atoms with Gasteiger partial charge in [-0.1, -0.05) is 35.5 Å². The van der Waals surface area contributed by atoms with Crippen molar-refractivity contribution in [2.24, 2.45) is 0 Å². The first-order chi connectivity index (χ1) is 15.5. The zero-order valence-electron chi connectivity index (χ0n) is 16.9. The van der Waals surface area contributed by atoms with Gasteiger partial charge in [0, 0.05) is 28.6 Å². The minimum Gasteiger partial charge on any atom is -0.354 e. The summed E-state index contributed by atoms with van der Waals surface area (Å²) in [6.07, 6.45) is 2.49. The second kappa shape index (κ2) is 10.3. The number of nitrogens with one attached hydrogen (secondary N) is 1. The maximum Gasteiger partial charge on any atom is 0.240 e. The summed E-state index contributed by atoms with van der Waals surface area (Å²) in [6.45, 7) is 0.441. The van der Waals surface area contributed by atoms with Gasteiger partial charge in [0.25, 0.3) is 0 Å². The average Bonchev–Trinajstić information content (AvgIpc) is 3.38. The van der Waals surface area contributed by atoms with Crippen LogP contribution in [0.1, 0.15) is 10.6 Å². The Morgan fingerprint density at radius 1 is 1.19 bits per heavy atom. The van der Waals surface area contributed by atoms with E-state index in [-0.39, 0.29) is 24.2 Å². The molecule has 0 atom stereocenters. The molecule has 1 aliphatic heterocycles. The summed E-state index contributed by atoms with van der Waals surface area (Å²) in [5, 5.41) is 6.83. The maximum atomic E-state index is 13.1. The van der Waals surface area contributed by atoms with Gasteiger partial charge >= 0.3 is 0 Å². The number of carbonyl (C=O) groups excluding carboxylic acids is 2. The van der Waals surface area contributed by atoms with Gasteiger partial charge in [-0.15, -0.1) is 11.3 Å². The Morgan fingerprint density at radius 3 is 2.69 bits per heavy atom. The van der Waals surface area contributed by atoms with Crippen molar-refractivity contribution in [1.29, 1.82) is 0 Å². The van der Waals surface area contributed by atoms with Crippen molar-refractivity contribution in [2.45, 2.75) is 6.42 Å². The predicted molar refractivity (Wildman–Crippen MR) is 128 cm³/mol. The van der Waals surface area contributed by atoms with E-state index in [1.165, 1.54) is 40.1 Å². The molecule has 5 nitrogen and oxygen atoms in total. The minimum atomic E-state index is -0.297.